The Morgan fingerprint density at radius 3 is 2.65 bits per heavy atom. The number of nitro groups is 1. The average molecular weight is 382 g/mol. The van der Waals surface area contributed by atoms with Gasteiger partial charge in [-0.15, -0.1) is 11.3 Å². The number of anilines is 1. The predicted molar refractivity (Wildman–Crippen MR) is 92.8 cm³/mol. The van der Waals surface area contributed by atoms with Crippen LogP contribution >= 0.6 is 11.3 Å². The van der Waals surface area contributed by atoms with E-state index in [9.17, 15) is 23.7 Å². The smallest absolute Gasteiger partial charge is 0.323 e. The third-order valence-corrected chi connectivity index (χ3v) is 5.55. The highest BCUT2D eigenvalue weighted by molar-refractivity contribution is 7.16. The van der Waals surface area contributed by atoms with Gasteiger partial charge in [-0.1, -0.05) is 12.1 Å². The standard InChI is InChI=1S/C17H16F2N2O4S/c18-12-2-1-3-13-15(12)16(19)17(26-13)20(9-14(22)23)8-10-4-6-11(7-5-10)21(24)25/h4-7,12H,1-3,8-9H2,(H,22,23). The van der Waals surface area contributed by atoms with E-state index in [0.717, 1.165) is 11.3 Å². The van der Waals surface area contributed by atoms with E-state index in [4.69, 9.17) is 5.11 Å². The maximum atomic E-state index is 14.8. The monoisotopic (exact) mass is 382 g/mol. The van der Waals surface area contributed by atoms with Crippen LogP contribution in [0.5, 0.6) is 0 Å². The molecule has 6 nitrogen and oxygen atoms in total. The summed E-state index contributed by atoms with van der Waals surface area (Å²) in [5, 5.41) is 20.0. The van der Waals surface area contributed by atoms with Gasteiger partial charge in [0, 0.05) is 29.1 Å². The Labute approximate surface area is 151 Å². The first-order chi connectivity index (χ1) is 12.4. The van der Waals surface area contributed by atoms with Gasteiger partial charge in [0.2, 0.25) is 0 Å². The van der Waals surface area contributed by atoms with Gasteiger partial charge >= 0.3 is 5.97 Å². The van der Waals surface area contributed by atoms with E-state index < -0.39 is 29.4 Å². The van der Waals surface area contributed by atoms with Crippen molar-refractivity contribution in [2.24, 2.45) is 0 Å². The Morgan fingerprint density at radius 1 is 1.38 bits per heavy atom. The largest absolute Gasteiger partial charge is 0.480 e. The average Bonchev–Trinajstić information content (AvgIpc) is 2.92. The lowest BCUT2D eigenvalue weighted by atomic mass is 9.97. The molecule has 0 amide bonds. The fraction of sp³-hybridized carbons (Fsp3) is 0.353. The number of hydrogen-bond acceptors (Lipinski definition) is 5. The van der Waals surface area contributed by atoms with Gasteiger partial charge in [0.05, 0.1) is 4.92 Å². The van der Waals surface area contributed by atoms with Gasteiger partial charge in [-0.2, -0.15) is 0 Å². The van der Waals surface area contributed by atoms with Crippen molar-refractivity contribution < 1.29 is 23.6 Å². The van der Waals surface area contributed by atoms with Crippen molar-refractivity contribution in [2.75, 3.05) is 11.4 Å². The van der Waals surface area contributed by atoms with Gasteiger partial charge in [0.1, 0.15) is 17.7 Å². The summed E-state index contributed by atoms with van der Waals surface area (Å²) in [7, 11) is 0. The van der Waals surface area contributed by atoms with Crippen molar-refractivity contribution in [2.45, 2.75) is 32.0 Å². The molecule has 1 aliphatic rings. The second-order valence-electron chi connectivity index (χ2n) is 6.09. The molecule has 1 unspecified atom stereocenters. The van der Waals surface area contributed by atoms with Crippen LogP contribution in [0, 0.1) is 15.9 Å². The van der Waals surface area contributed by atoms with Crippen molar-refractivity contribution >= 4 is 28.0 Å². The number of carboxylic acid groups (broad SMARTS) is 1. The Hall–Kier alpha value is -2.55. The van der Waals surface area contributed by atoms with Crippen LogP contribution in [0.4, 0.5) is 19.5 Å². The van der Waals surface area contributed by atoms with E-state index in [-0.39, 0.29) is 29.2 Å². The molecule has 1 aromatic heterocycles. The van der Waals surface area contributed by atoms with Gasteiger partial charge in [0.25, 0.3) is 5.69 Å². The molecule has 1 aromatic carbocycles. The number of carbonyl (C=O) groups is 1. The fourth-order valence-electron chi connectivity index (χ4n) is 3.05. The Kier molecular flexibility index (Phi) is 5.17. The minimum absolute atomic E-state index is 0.0512. The number of nitro benzene ring substituents is 1. The van der Waals surface area contributed by atoms with E-state index in [2.05, 4.69) is 0 Å². The molecule has 1 aliphatic carbocycles. The number of alkyl halides is 1. The number of hydrogen-bond donors (Lipinski definition) is 1. The van der Waals surface area contributed by atoms with Gasteiger partial charge in [0.15, 0.2) is 5.82 Å². The number of aliphatic carboxylic acids is 1. The Balaban J connectivity index is 1.91. The molecule has 26 heavy (non-hydrogen) atoms. The number of carboxylic acids is 1. The number of halogens is 2. The molecule has 2 aromatic rings. The van der Waals surface area contributed by atoms with Crippen LogP contribution in [-0.2, 0) is 17.8 Å². The van der Waals surface area contributed by atoms with E-state index in [1.165, 1.54) is 29.2 Å². The SMILES string of the molecule is O=C(O)CN(Cc1ccc([N+](=O)[O-])cc1)c1sc2c(c1F)C(F)CCC2. The second-order valence-corrected chi connectivity index (χ2v) is 7.17. The van der Waals surface area contributed by atoms with Gasteiger partial charge in [-0.25, -0.2) is 8.78 Å². The van der Waals surface area contributed by atoms with Crippen LogP contribution in [0.2, 0.25) is 0 Å². The maximum absolute atomic E-state index is 14.8. The molecular weight excluding hydrogens is 366 g/mol. The molecule has 0 spiro atoms. The summed E-state index contributed by atoms with van der Waals surface area (Å²) in [6, 6.07) is 5.61. The minimum atomic E-state index is -1.37. The molecule has 0 bridgehead atoms. The highest BCUT2D eigenvalue weighted by Gasteiger charge is 2.31. The number of nitrogens with zero attached hydrogens (tertiary/aromatic N) is 2. The van der Waals surface area contributed by atoms with E-state index in [1.54, 1.807) is 0 Å². The van der Waals surface area contributed by atoms with Gasteiger partial charge in [-0.05, 0) is 24.8 Å². The lowest BCUT2D eigenvalue weighted by Crippen LogP contribution is -2.29. The fourth-order valence-corrected chi connectivity index (χ4v) is 4.31. The topological polar surface area (TPSA) is 83.7 Å². The van der Waals surface area contributed by atoms with Crippen LogP contribution in [0.1, 0.15) is 35.0 Å². The molecule has 3 rings (SSSR count). The molecule has 0 saturated carbocycles. The minimum Gasteiger partial charge on any atom is -0.480 e. The number of non-ortho nitro benzene ring substituents is 1. The van der Waals surface area contributed by atoms with Crippen molar-refractivity contribution in [1.82, 2.24) is 0 Å². The molecule has 0 radical (unpaired) electrons. The Morgan fingerprint density at radius 2 is 2.08 bits per heavy atom. The summed E-state index contributed by atoms with van der Waals surface area (Å²) in [4.78, 5) is 23.3. The first-order valence-corrected chi connectivity index (χ1v) is 8.83. The molecule has 0 saturated heterocycles. The van der Waals surface area contributed by atoms with Crippen LogP contribution in [0.25, 0.3) is 0 Å². The zero-order valence-electron chi connectivity index (χ0n) is 13.7. The van der Waals surface area contributed by atoms with Crippen LogP contribution in [0.15, 0.2) is 24.3 Å². The highest BCUT2D eigenvalue weighted by Crippen LogP contribution is 2.44. The van der Waals surface area contributed by atoms with E-state index in [1.807, 2.05) is 0 Å². The molecule has 1 atom stereocenters. The molecule has 1 N–H and O–H groups in total. The summed E-state index contributed by atoms with van der Waals surface area (Å²) in [6.45, 7) is -0.401. The normalized spacial score (nSPS) is 16.2. The third kappa shape index (κ3) is 3.67. The summed E-state index contributed by atoms with van der Waals surface area (Å²) in [6.07, 6.45) is 0.112. The second kappa shape index (κ2) is 7.36. The van der Waals surface area contributed by atoms with Crippen molar-refractivity contribution in [1.29, 1.82) is 0 Å². The van der Waals surface area contributed by atoms with Gasteiger partial charge < -0.3 is 10.0 Å². The van der Waals surface area contributed by atoms with E-state index >= 15 is 0 Å². The maximum Gasteiger partial charge on any atom is 0.323 e. The molecular formula is C17H16F2N2O4S. The van der Waals surface area contributed by atoms with Gasteiger partial charge in [-0.3, -0.25) is 14.9 Å². The lowest BCUT2D eigenvalue weighted by Gasteiger charge is -2.21. The van der Waals surface area contributed by atoms with Crippen LogP contribution < -0.4 is 4.90 Å². The first kappa shape index (κ1) is 18.2. The summed E-state index contributed by atoms with van der Waals surface area (Å²) >= 11 is 1.08. The lowest BCUT2D eigenvalue weighted by molar-refractivity contribution is -0.384. The van der Waals surface area contributed by atoms with Crippen LogP contribution in [0.3, 0.4) is 0 Å². The summed E-state index contributed by atoms with van der Waals surface area (Å²) < 4.78 is 28.9. The Bertz CT molecular complexity index is 838. The number of fused-ring (bicyclic) bond motifs is 1. The number of benzene rings is 1. The summed E-state index contributed by atoms with van der Waals surface area (Å²) in [5.41, 5.74) is 0.561. The molecule has 9 heteroatoms. The highest BCUT2D eigenvalue weighted by atomic mass is 32.1. The summed E-state index contributed by atoms with van der Waals surface area (Å²) in [5.74, 6) is -1.84. The first-order valence-electron chi connectivity index (χ1n) is 8.02. The quantitative estimate of drug-likeness (QED) is 0.597. The molecule has 1 heterocycles. The zero-order chi connectivity index (χ0) is 18.8. The van der Waals surface area contributed by atoms with Crippen molar-refractivity contribution in [3.05, 3.63) is 56.2 Å². The zero-order valence-corrected chi connectivity index (χ0v) is 14.5. The number of thiophene rings is 1. The molecule has 138 valence electrons. The van der Waals surface area contributed by atoms with Crippen molar-refractivity contribution in [3.8, 4) is 0 Å². The molecule has 0 fully saturated rings. The predicted octanol–water partition coefficient (Wildman–Crippen LogP) is 4.23. The molecule has 0 aliphatic heterocycles. The van der Waals surface area contributed by atoms with Crippen LogP contribution in [-0.4, -0.2) is 22.5 Å². The van der Waals surface area contributed by atoms with E-state index in [0.29, 0.717) is 23.3 Å². The third-order valence-electron chi connectivity index (χ3n) is 4.25. The number of aryl methyl sites for hydroxylation is 1. The van der Waals surface area contributed by atoms with Crippen molar-refractivity contribution in [3.63, 3.8) is 0 Å². The number of rotatable bonds is 6.